The highest BCUT2D eigenvalue weighted by molar-refractivity contribution is 7.99. The van der Waals surface area contributed by atoms with Gasteiger partial charge in [0.2, 0.25) is 0 Å². The zero-order valence-corrected chi connectivity index (χ0v) is 24.3. The van der Waals surface area contributed by atoms with Gasteiger partial charge in [0, 0.05) is 17.2 Å². The van der Waals surface area contributed by atoms with Gasteiger partial charge in [-0.05, 0) is 73.2 Å². The predicted molar refractivity (Wildman–Crippen MR) is 160 cm³/mol. The smallest absolute Gasteiger partial charge is 0.411 e. The van der Waals surface area contributed by atoms with Gasteiger partial charge in [-0.25, -0.2) is 13.6 Å². The summed E-state index contributed by atoms with van der Waals surface area (Å²) >= 11 is 1.44. The second-order valence-electron chi connectivity index (χ2n) is 9.82. The van der Waals surface area contributed by atoms with Crippen LogP contribution in [0.2, 0.25) is 0 Å². The van der Waals surface area contributed by atoms with Crippen molar-refractivity contribution in [1.29, 1.82) is 0 Å². The highest BCUT2D eigenvalue weighted by atomic mass is 32.2. The fourth-order valence-corrected chi connectivity index (χ4v) is 5.44. The third-order valence-corrected chi connectivity index (χ3v) is 8.24. The number of carbonyl (C=O) groups excluding carboxylic acids is 2. The van der Waals surface area contributed by atoms with Gasteiger partial charge >= 0.3 is 5.91 Å². The van der Waals surface area contributed by atoms with Gasteiger partial charge in [0.25, 0.3) is 5.91 Å². The Balaban J connectivity index is 1.58. The zero-order chi connectivity index (χ0) is 29.6. The Bertz CT molecular complexity index is 1480. The number of ether oxygens (including phenoxy) is 1. The number of aryl methyl sites for hydroxylation is 2. The summed E-state index contributed by atoms with van der Waals surface area (Å²) in [6.07, 6.45) is 5.73. The molecule has 4 rings (SSSR count). The maximum absolute atomic E-state index is 14.7. The standard InChI is InChI=1S/C32H33F2N3O3S/c1-5-23-8-14-27(33)29(19-23)35-31(39)24-9-12-26(13-10-24)40-32(41-4,25-11-7-22(3)28(34)20-25)21-36-15-17-37(18-16-36)30(38)6-2/h6-14,17,19-20H,2,5,15-16,18,21H2,1,3-4H3/p+1. The van der Waals surface area contributed by atoms with E-state index in [2.05, 4.69) is 16.8 Å². The van der Waals surface area contributed by atoms with E-state index in [0.29, 0.717) is 48.6 Å². The molecule has 9 heteroatoms. The molecule has 3 aromatic rings. The Morgan fingerprint density at radius 2 is 1.88 bits per heavy atom. The normalized spacial score (nSPS) is 15.0. The Labute approximate surface area is 243 Å². The molecule has 1 aliphatic rings. The largest absolute Gasteiger partial charge is 0.471 e. The average molecular weight is 579 g/mol. The number of amides is 2. The molecule has 0 fully saturated rings. The molecule has 0 saturated heterocycles. The lowest BCUT2D eigenvalue weighted by Gasteiger charge is -2.38. The third-order valence-electron chi connectivity index (χ3n) is 7.13. The molecule has 3 aromatic carbocycles. The van der Waals surface area contributed by atoms with Crippen molar-refractivity contribution in [3.8, 4) is 5.75 Å². The third kappa shape index (κ3) is 7.10. The van der Waals surface area contributed by atoms with E-state index in [-0.39, 0.29) is 17.4 Å². The van der Waals surface area contributed by atoms with Gasteiger partial charge in [-0.15, -0.1) is 11.8 Å². The van der Waals surface area contributed by atoms with Gasteiger partial charge in [0.15, 0.2) is 17.7 Å². The summed E-state index contributed by atoms with van der Waals surface area (Å²) in [6, 6.07) is 16.3. The first-order valence-electron chi connectivity index (χ1n) is 13.4. The van der Waals surface area contributed by atoms with Crippen LogP contribution in [0.1, 0.15) is 34.0 Å². The van der Waals surface area contributed by atoms with Gasteiger partial charge in [0.1, 0.15) is 17.4 Å². The van der Waals surface area contributed by atoms with Gasteiger partial charge in [-0.3, -0.25) is 9.69 Å². The molecule has 214 valence electrons. The van der Waals surface area contributed by atoms with Crippen LogP contribution in [-0.4, -0.2) is 59.9 Å². The fraction of sp³-hybridized carbons (Fsp3) is 0.281. The van der Waals surface area contributed by atoms with Gasteiger partial charge in [0.05, 0.1) is 25.3 Å². The topological polar surface area (TPSA) is 61.6 Å². The lowest BCUT2D eigenvalue weighted by Crippen LogP contribution is -2.48. The molecule has 0 aromatic heterocycles. The minimum Gasteiger partial charge on any atom is -0.471 e. The lowest BCUT2D eigenvalue weighted by atomic mass is 10.0. The number of nitrogens with zero attached hydrogens (tertiary/aromatic N) is 2. The maximum atomic E-state index is 14.7. The van der Waals surface area contributed by atoms with Crippen molar-refractivity contribution in [1.82, 2.24) is 4.90 Å². The number of rotatable bonds is 10. The second-order valence-corrected chi connectivity index (χ2v) is 10.9. The number of hydrogen-bond donors (Lipinski definition) is 1. The first-order valence-corrected chi connectivity index (χ1v) is 14.6. The molecule has 1 heterocycles. The van der Waals surface area contributed by atoms with Gasteiger partial charge in [-0.2, -0.15) is 4.58 Å². The minimum atomic E-state index is -0.986. The molecular weight excluding hydrogens is 544 g/mol. The van der Waals surface area contributed by atoms with E-state index in [1.165, 1.54) is 30.0 Å². The van der Waals surface area contributed by atoms with Crippen LogP contribution in [0, 0.1) is 18.6 Å². The van der Waals surface area contributed by atoms with Crippen LogP contribution in [0.4, 0.5) is 14.5 Å². The summed E-state index contributed by atoms with van der Waals surface area (Å²) in [5.41, 5.74) is 2.57. The van der Waals surface area contributed by atoms with E-state index < -0.39 is 16.7 Å². The van der Waals surface area contributed by atoms with Crippen LogP contribution in [0.3, 0.4) is 0 Å². The highest BCUT2D eigenvalue weighted by Crippen LogP contribution is 2.39. The Kier molecular flexibility index (Phi) is 9.73. The lowest BCUT2D eigenvalue weighted by molar-refractivity contribution is -0.446. The van der Waals surface area contributed by atoms with Crippen molar-refractivity contribution >= 4 is 35.5 Å². The molecule has 0 radical (unpaired) electrons. The van der Waals surface area contributed by atoms with Crippen LogP contribution in [0.15, 0.2) is 73.3 Å². The van der Waals surface area contributed by atoms with Gasteiger partial charge < -0.3 is 10.1 Å². The Morgan fingerprint density at radius 1 is 1.12 bits per heavy atom. The minimum absolute atomic E-state index is 0.129. The molecule has 2 amide bonds. The van der Waals surface area contributed by atoms with Crippen molar-refractivity contribution in [2.75, 3.05) is 37.8 Å². The first kappa shape index (κ1) is 30.1. The summed E-state index contributed by atoms with van der Waals surface area (Å²) in [7, 11) is 0. The molecule has 1 N–H and O–H groups in total. The van der Waals surface area contributed by atoms with Crippen molar-refractivity contribution < 1.29 is 27.7 Å². The van der Waals surface area contributed by atoms with E-state index in [4.69, 9.17) is 4.74 Å². The number of benzene rings is 3. The molecule has 1 aliphatic heterocycles. The monoisotopic (exact) mass is 578 g/mol. The van der Waals surface area contributed by atoms with Crippen LogP contribution >= 0.6 is 11.8 Å². The summed E-state index contributed by atoms with van der Waals surface area (Å²) < 4.78 is 37.2. The fourth-order valence-electron chi connectivity index (χ4n) is 4.58. The second kappa shape index (κ2) is 13.2. The summed E-state index contributed by atoms with van der Waals surface area (Å²) in [6.45, 7) is 9.25. The number of carbonyl (C=O) groups is 2. The highest BCUT2D eigenvalue weighted by Gasteiger charge is 2.38. The van der Waals surface area contributed by atoms with Crippen molar-refractivity contribution in [2.24, 2.45) is 0 Å². The van der Waals surface area contributed by atoms with Crippen LogP contribution in [-0.2, 0) is 16.1 Å². The van der Waals surface area contributed by atoms with E-state index in [0.717, 1.165) is 12.0 Å². The van der Waals surface area contributed by atoms with Crippen LogP contribution in [0.5, 0.6) is 5.75 Å². The molecule has 6 nitrogen and oxygen atoms in total. The number of thioether (sulfide) groups is 1. The molecule has 0 aliphatic carbocycles. The summed E-state index contributed by atoms with van der Waals surface area (Å²) in [5, 5.41) is 2.64. The van der Waals surface area contributed by atoms with E-state index >= 15 is 0 Å². The van der Waals surface area contributed by atoms with E-state index in [1.54, 1.807) is 54.0 Å². The van der Waals surface area contributed by atoms with Crippen molar-refractivity contribution in [3.05, 3.63) is 107 Å². The molecule has 0 bridgehead atoms. The molecule has 1 unspecified atom stereocenters. The van der Waals surface area contributed by atoms with Crippen molar-refractivity contribution in [2.45, 2.75) is 25.2 Å². The molecule has 41 heavy (non-hydrogen) atoms. The number of nitrogens with one attached hydrogen (secondary N) is 1. The quantitative estimate of drug-likeness (QED) is 0.187. The average Bonchev–Trinajstić information content (AvgIpc) is 2.99. The first-order chi connectivity index (χ1) is 19.7. The molecular formula is C32H34F2N3O3S+. The van der Waals surface area contributed by atoms with Crippen molar-refractivity contribution in [3.63, 3.8) is 0 Å². The summed E-state index contributed by atoms with van der Waals surface area (Å²) in [4.78, 5) is 26.0. The molecule has 0 saturated carbocycles. The van der Waals surface area contributed by atoms with Gasteiger partial charge in [-0.1, -0.05) is 31.7 Å². The van der Waals surface area contributed by atoms with E-state index in [1.807, 2.05) is 25.5 Å². The van der Waals surface area contributed by atoms with Crippen LogP contribution in [0.25, 0.3) is 0 Å². The number of anilines is 1. The predicted octanol–water partition coefficient (Wildman–Crippen LogP) is 5.79. The summed E-state index contributed by atoms with van der Waals surface area (Å²) in [5.74, 6) is -0.938. The molecule has 1 atom stereocenters. The number of halogens is 2. The maximum Gasteiger partial charge on any atom is 0.411 e. The Morgan fingerprint density at radius 3 is 2.49 bits per heavy atom. The number of hydrogen-bond acceptors (Lipinski definition) is 5. The van der Waals surface area contributed by atoms with E-state index in [9.17, 15) is 18.4 Å². The molecule has 0 spiro atoms. The SMILES string of the molecule is C=CC(=O)[N+]1=CCN(CC(Oc2ccc(C(=O)Nc3cc(CC)ccc3F)cc2)(SC)c2ccc(C)c(F)c2)CC1. The van der Waals surface area contributed by atoms with Crippen LogP contribution < -0.4 is 10.1 Å². The zero-order valence-electron chi connectivity index (χ0n) is 23.5. The Hall–Kier alpha value is -3.82.